The summed E-state index contributed by atoms with van der Waals surface area (Å²) >= 11 is 1.62. The van der Waals surface area contributed by atoms with E-state index in [-0.39, 0.29) is 5.91 Å². The van der Waals surface area contributed by atoms with Gasteiger partial charge in [0.2, 0.25) is 0 Å². The normalized spacial score (nSPS) is 12.0. The quantitative estimate of drug-likeness (QED) is 0.760. The van der Waals surface area contributed by atoms with Gasteiger partial charge in [-0.15, -0.1) is 11.3 Å². The minimum atomic E-state index is -0.400. The predicted octanol–water partition coefficient (Wildman–Crippen LogP) is 3.63. The molecule has 1 amide bonds. The number of amides is 1. The van der Waals surface area contributed by atoms with Crippen molar-refractivity contribution in [1.29, 1.82) is 0 Å². The number of carbonyl (C=O) groups excluding carboxylic acids is 1. The lowest BCUT2D eigenvalue weighted by atomic mass is 10.0. The number of rotatable bonds is 5. The molecule has 0 radical (unpaired) electrons. The highest BCUT2D eigenvalue weighted by atomic mass is 32.1. The van der Waals surface area contributed by atoms with Crippen LogP contribution in [0.15, 0.2) is 42.7 Å². The smallest absolute Gasteiger partial charge is 0.253 e. The van der Waals surface area contributed by atoms with E-state index in [0.29, 0.717) is 11.3 Å². The summed E-state index contributed by atoms with van der Waals surface area (Å²) in [5.74, 6) is 1.36. The Bertz CT molecular complexity index is 898. The van der Waals surface area contributed by atoms with Crippen molar-refractivity contribution in [3.63, 3.8) is 0 Å². The molecular weight excluding hydrogens is 334 g/mol. The predicted molar refractivity (Wildman–Crippen MR) is 99.3 cm³/mol. The molecule has 0 saturated heterocycles. The second-order valence-electron chi connectivity index (χ2n) is 5.87. The van der Waals surface area contributed by atoms with Crippen LogP contribution >= 0.6 is 11.3 Å². The lowest BCUT2D eigenvalue weighted by Gasteiger charge is -2.21. The van der Waals surface area contributed by atoms with Crippen LogP contribution in [0.25, 0.3) is 0 Å². The van der Waals surface area contributed by atoms with Crippen LogP contribution in [0.1, 0.15) is 37.5 Å². The van der Waals surface area contributed by atoms with Crippen molar-refractivity contribution >= 4 is 17.2 Å². The fourth-order valence-electron chi connectivity index (χ4n) is 2.91. The number of hydrogen-bond acceptors (Lipinski definition) is 4. The van der Waals surface area contributed by atoms with E-state index in [1.54, 1.807) is 24.6 Å². The Morgan fingerprint density at radius 3 is 2.68 bits per heavy atom. The fourth-order valence-corrected chi connectivity index (χ4v) is 3.83. The molecule has 0 bridgehead atoms. The summed E-state index contributed by atoms with van der Waals surface area (Å²) in [6.45, 7) is 3.97. The first-order valence-electron chi connectivity index (χ1n) is 7.99. The molecule has 25 heavy (non-hydrogen) atoms. The van der Waals surface area contributed by atoms with Gasteiger partial charge in [0.1, 0.15) is 17.6 Å². The Balaban J connectivity index is 2.02. The standard InChI is InChI=1S/C19H21N3O2S/c1-12-11-15(13(2)25-12)19(23)21-17(18-20-9-10-22(18)3)14-7-5-6-8-16(14)24-4/h5-11,17H,1-4H3,(H,21,23)/t17-/m1/s1. The number of nitrogens with one attached hydrogen (secondary N) is 1. The van der Waals surface area contributed by atoms with Crippen LogP contribution in [-0.4, -0.2) is 22.6 Å². The average molecular weight is 355 g/mol. The number of methoxy groups -OCH3 is 1. The molecule has 130 valence electrons. The lowest BCUT2D eigenvalue weighted by molar-refractivity contribution is 0.0940. The number of nitrogens with zero attached hydrogens (tertiary/aromatic N) is 2. The van der Waals surface area contributed by atoms with Crippen molar-refractivity contribution in [3.05, 3.63) is 69.4 Å². The van der Waals surface area contributed by atoms with Crippen molar-refractivity contribution in [1.82, 2.24) is 14.9 Å². The summed E-state index contributed by atoms with van der Waals surface area (Å²) in [5, 5.41) is 3.13. The first kappa shape index (κ1) is 17.2. The topological polar surface area (TPSA) is 56.1 Å². The molecule has 0 aliphatic rings. The molecule has 1 N–H and O–H groups in total. The maximum Gasteiger partial charge on any atom is 0.253 e. The number of benzene rings is 1. The third-order valence-corrected chi connectivity index (χ3v) is 5.09. The number of imidazole rings is 1. The second-order valence-corrected chi connectivity index (χ2v) is 7.33. The minimum absolute atomic E-state index is 0.110. The van der Waals surface area contributed by atoms with Crippen LogP contribution in [0.5, 0.6) is 5.75 Å². The molecule has 1 atom stereocenters. The van der Waals surface area contributed by atoms with Gasteiger partial charge in [-0.05, 0) is 26.0 Å². The molecular formula is C19H21N3O2S. The van der Waals surface area contributed by atoms with Crippen LogP contribution in [0.2, 0.25) is 0 Å². The van der Waals surface area contributed by atoms with E-state index >= 15 is 0 Å². The monoisotopic (exact) mass is 355 g/mol. The zero-order chi connectivity index (χ0) is 18.0. The Hall–Kier alpha value is -2.60. The van der Waals surface area contributed by atoms with Gasteiger partial charge in [0.15, 0.2) is 0 Å². The number of para-hydroxylation sites is 1. The van der Waals surface area contributed by atoms with Gasteiger partial charge in [-0.2, -0.15) is 0 Å². The molecule has 0 aliphatic heterocycles. The zero-order valence-corrected chi connectivity index (χ0v) is 15.6. The molecule has 3 rings (SSSR count). The number of ether oxygens (including phenoxy) is 1. The van der Waals surface area contributed by atoms with Crippen molar-refractivity contribution in [2.45, 2.75) is 19.9 Å². The third-order valence-electron chi connectivity index (χ3n) is 4.13. The molecule has 3 aromatic rings. The number of thiophene rings is 1. The summed E-state index contributed by atoms with van der Waals surface area (Å²) in [7, 11) is 3.54. The largest absolute Gasteiger partial charge is 0.496 e. The van der Waals surface area contributed by atoms with Crippen LogP contribution in [0.3, 0.4) is 0 Å². The van der Waals surface area contributed by atoms with E-state index in [4.69, 9.17) is 4.74 Å². The van der Waals surface area contributed by atoms with E-state index in [0.717, 1.165) is 21.1 Å². The van der Waals surface area contributed by atoms with Gasteiger partial charge in [-0.25, -0.2) is 4.98 Å². The molecule has 6 heteroatoms. The van der Waals surface area contributed by atoms with Crippen molar-refractivity contribution < 1.29 is 9.53 Å². The van der Waals surface area contributed by atoms with Crippen molar-refractivity contribution in [2.75, 3.05) is 7.11 Å². The van der Waals surface area contributed by atoms with Crippen molar-refractivity contribution in [2.24, 2.45) is 7.05 Å². The van der Waals surface area contributed by atoms with Gasteiger partial charge in [0.05, 0.1) is 12.7 Å². The molecule has 0 spiro atoms. The molecule has 2 aromatic heterocycles. The Morgan fingerprint density at radius 1 is 1.32 bits per heavy atom. The summed E-state index contributed by atoms with van der Waals surface area (Å²) in [4.78, 5) is 19.5. The van der Waals surface area contributed by atoms with E-state index in [2.05, 4.69) is 10.3 Å². The molecule has 0 saturated carbocycles. The first-order chi connectivity index (χ1) is 12.0. The van der Waals surface area contributed by atoms with Crippen LogP contribution in [0.4, 0.5) is 0 Å². The molecule has 1 aromatic carbocycles. The van der Waals surface area contributed by atoms with E-state index < -0.39 is 6.04 Å². The highest BCUT2D eigenvalue weighted by molar-refractivity contribution is 7.12. The molecule has 0 aliphatic carbocycles. The highest BCUT2D eigenvalue weighted by Crippen LogP contribution is 2.30. The molecule has 2 heterocycles. The molecule has 5 nitrogen and oxygen atoms in total. The zero-order valence-electron chi connectivity index (χ0n) is 14.7. The minimum Gasteiger partial charge on any atom is -0.496 e. The van der Waals surface area contributed by atoms with Gasteiger partial charge in [0, 0.05) is 34.8 Å². The van der Waals surface area contributed by atoms with E-state index in [9.17, 15) is 4.79 Å². The number of aryl methyl sites for hydroxylation is 3. The van der Waals surface area contributed by atoms with Gasteiger partial charge in [0.25, 0.3) is 5.91 Å². The molecule has 0 unspecified atom stereocenters. The fraction of sp³-hybridized carbons (Fsp3) is 0.263. The van der Waals surface area contributed by atoms with Crippen molar-refractivity contribution in [3.8, 4) is 5.75 Å². The molecule has 0 fully saturated rings. The number of aromatic nitrogens is 2. The van der Waals surface area contributed by atoms with Crippen LogP contribution in [0, 0.1) is 13.8 Å². The number of hydrogen-bond donors (Lipinski definition) is 1. The first-order valence-corrected chi connectivity index (χ1v) is 8.81. The average Bonchev–Trinajstić information content (AvgIpc) is 3.17. The number of carbonyl (C=O) groups is 1. The lowest BCUT2D eigenvalue weighted by Crippen LogP contribution is -2.31. The second kappa shape index (κ2) is 7.11. The van der Waals surface area contributed by atoms with Crippen LogP contribution in [-0.2, 0) is 7.05 Å². The summed E-state index contributed by atoms with van der Waals surface area (Å²) < 4.78 is 7.40. The van der Waals surface area contributed by atoms with Gasteiger partial charge < -0.3 is 14.6 Å². The van der Waals surface area contributed by atoms with E-state index in [1.165, 1.54) is 0 Å². The van der Waals surface area contributed by atoms with Gasteiger partial charge in [-0.1, -0.05) is 18.2 Å². The summed E-state index contributed by atoms with van der Waals surface area (Å²) in [5.41, 5.74) is 1.58. The maximum absolute atomic E-state index is 12.9. The van der Waals surface area contributed by atoms with Gasteiger partial charge >= 0.3 is 0 Å². The van der Waals surface area contributed by atoms with Gasteiger partial charge in [-0.3, -0.25) is 4.79 Å². The maximum atomic E-state index is 12.9. The Labute approximate surface area is 151 Å². The summed E-state index contributed by atoms with van der Waals surface area (Å²) in [6.07, 6.45) is 3.59. The Morgan fingerprint density at radius 2 is 2.08 bits per heavy atom. The highest BCUT2D eigenvalue weighted by Gasteiger charge is 2.25. The SMILES string of the molecule is COc1ccccc1[C@@H](NC(=O)c1cc(C)sc1C)c1nccn1C. The Kier molecular flexibility index (Phi) is 4.90. The third kappa shape index (κ3) is 3.44. The van der Waals surface area contributed by atoms with E-state index in [1.807, 2.05) is 62.0 Å². The summed E-state index contributed by atoms with van der Waals surface area (Å²) in [6, 6.07) is 9.20. The van der Waals surface area contributed by atoms with Crippen LogP contribution < -0.4 is 10.1 Å².